The summed E-state index contributed by atoms with van der Waals surface area (Å²) < 4.78 is 50.3. The van der Waals surface area contributed by atoms with E-state index in [4.69, 9.17) is 24.3 Å². The number of nitrogens with two attached hydrogens (primary N) is 1. The lowest BCUT2D eigenvalue weighted by molar-refractivity contribution is -0.119. The molecule has 3 rings (SSSR count). The van der Waals surface area contributed by atoms with Crippen LogP contribution in [0.2, 0.25) is 0 Å². The molecule has 1 aromatic heterocycles. The first kappa shape index (κ1) is 25.1. The number of nitrogen functional groups attached to an aromatic ring is 1. The number of carbonyl (C=O) groups is 1. The number of hydrogen-bond donors (Lipinski definition) is 2. The summed E-state index contributed by atoms with van der Waals surface area (Å²) >= 11 is 0. The van der Waals surface area contributed by atoms with Crippen LogP contribution in [0.4, 0.5) is 14.6 Å². The van der Waals surface area contributed by atoms with Gasteiger partial charge in [0.15, 0.2) is 0 Å². The molecule has 0 aliphatic carbocycles. The van der Waals surface area contributed by atoms with Gasteiger partial charge in [0, 0.05) is 12.6 Å². The van der Waals surface area contributed by atoms with E-state index in [9.17, 15) is 23.3 Å². The van der Waals surface area contributed by atoms with Crippen molar-refractivity contribution in [3.63, 3.8) is 0 Å². The smallest absolute Gasteiger partial charge is 0.351 e. The first-order chi connectivity index (χ1) is 15.6. The maximum Gasteiger partial charge on any atom is 0.351 e. The fraction of sp³-hybridized carbons (Fsp3) is 0.450. The minimum atomic E-state index is -3.37. The number of rotatable bonds is 9. The van der Waals surface area contributed by atoms with Crippen molar-refractivity contribution in [1.82, 2.24) is 9.55 Å². The van der Waals surface area contributed by atoms with Crippen LogP contribution in [0, 0.1) is 0 Å². The van der Waals surface area contributed by atoms with Crippen molar-refractivity contribution in [2.24, 2.45) is 0 Å². The van der Waals surface area contributed by atoms with Gasteiger partial charge in [0.05, 0.1) is 31.0 Å². The molecule has 1 fully saturated rings. The number of anilines is 1. The van der Waals surface area contributed by atoms with Crippen LogP contribution >= 0.6 is 8.60 Å². The van der Waals surface area contributed by atoms with Gasteiger partial charge in [-0.25, -0.2) is 18.4 Å². The van der Waals surface area contributed by atoms with E-state index in [0.717, 1.165) is 6.20 Å². The van der Waals surface area contributed by atoms with Crippen LogP contribution in [0.1, 0.15) is 42.4 Å². The van der Waals surface area contributed by atoms with Gasteiger partial charge in [-0.05, 0) is 31.5 Å². The lowest BCUT2D eigenvalue weighted by Crippen LogP contribution is -2.35. The van der Waals surface area contributed by atoms with Crippen molar-refractivity contribution in [3.8, 4) is 0 Å². The van der Waals surface area contributed by atoms with Crippen LogP contribution in [0.25, 0.3) is 0 Å². The maximum atomic E-state index is 14.4. The molecule has 10 nitrogen and oxygen atoms in total. The Hall–Kier alpha value is -2.50. The third kappa shape index (κ3) is 6.52. The van der Waals surface area contributed by atoms with E-state index in [1.807, 2.05) is 0 Å². The molecule has 0 amide bonds. The second-order valence-corrected chi connectivity index (χ2v) is 8.53. The summed E-state index contributed by atoms with van der Waals surface area (Å²) in [4.78, 5) is 37.5. The van der Waals surface area contributed by atoms with E-state index >= 15 is 0 Å². The van der Waals surface area contributed by atoms with Crippen molar-refractivity contribution in [2.75, 3.05) is 12.3 Å². The highest BCUT2D eigenvalue weighted by Gasteiger charge is 2.52. The van der Waals surface area contributed by atoms with Crippen LogP contribution in [-0.2, 0) is 25.1 Å². The minimum Gasteiger partial charge on any atom is -0.459 e. The molecule has 3 atom stereocenters. The molecule has 1 aromatic carbocycles. The third-order valence-electron chi connectivity index (χ3n) is 4.57. The molecule has 33 heavy (non-hydrogen) atoms. The van der Waals surface area contributed by atoms with Gasteiger partial charge in [0.25, 0.3) is 5.92 Å². The molecular weight excluding hydrogens is 463 g/mol. The number of aromatic nitrogens is 2. The van der Waals surface area contributed by atoms with Crippen LogP contribution in [-0.4, -0.2) is 45.2 Å². The normalized spacial score (nSPS) is 20.7. The molecule has 0 radical (unpaired) electrons. The SMILES string of the molecule is CC(C)OC(=O)c1ccccc1COP(O)OCC1CC(F)(F)C(n2ccc(N)nc2=O)O1. The monoisotopic (exact) mass is 487 g/mol. The van der Waals surface area contributed by atoms with Crippen LogP contribution in [0.5, 0.6) is 0 Å². The number of ether oxygens (including phenoxy) is 2. The van der Waals surface area contributed by atoms with Crippen LogP contribution in [0.3, 0.4) is 0 Å². The summed E-state index contributed by atoms with van der Waals surface area (Å²) in [6.45, 7) is 2.87. The van der Waals surface area contributed by atoms with Crippen LogP contribution in [0.15, 0.2) is 41.3 Å². The fourth-order valence-corrected chi connectivity index (χ4v) is 3.76. The molecule has 1 saturated heterocycles. The number of esters is 1. The predicted octanol–water partition coefficient (Wildman–Crippen LogP) is 2.77. The van der Waals surface area contributed by atoms with Gasteiger partial charge in [0.2, 0.25) is 6.23 Å². The Morgan fingerprint density at radius 3 is 2.79 bits per heavy atom. The second-order valence-electron chi connectivity index (χ2n) is 7.54. The lowest BCUT2D eigenvalue weighted by atomic mass is 10.1. The number of carbonyl (C=O) groups excluding carboxylic acids is 1. The van der Waals surface area contributed by atoms with Gasteiger partial charge in [-0.1, -0.05) is 18.2 Å². The Morgan fingerprint density at radius 1 is 1.36 bits per heavy atom. The highest BCUT2D eigenvalue weighted by Crippen LogP contribution is 2.43. The van der Waals surface area contributed by atoms with Crippen molar-refractivity contribution >= 4 is 20.4 Å². The topological polar surface area (TPSA) is 135 Å². The number of benzene rings is 1. The average molecular weight is 487 g/mol. The van der Waals surface area contributed by atoms with E-state index in [1.165, 1.54) is 6.07 Å². The summed E-state index contributed by atoms with van der Waals surface area (Å²) in [7, 11) is -2.45. The molecule has 2 aromatic rings. The molecule has 180 valence electrons. The van der Waals surface area contributed by atoms with Gasteiger partial charge >= 0.3 is 20.3 Å². The number of alkyl halides is 2. The summed E-state index contributed by atoms with van der Waals surface area (Å²) in [5.74, 6) is -4.00. The highest BCUT2D eigenvalue weighted by atomic mass is 31.2. The Balaban J connectivity index is 1.54. The Labute approximate surface area is 189 Å². The van der Waals surface area contributed by atoms with Crippen LogP contribution < -0.4 is 11.4 Å². The van der Waals surface area contributed by atoms with Gasteiger partial charge < -0.3 is 29.1 Å². The fourth-order valence-electron chi connectivity index (χ4n) is 3.14. The van der Waals surface area contributed by atoms with Gasteiger partial charge in [-0.15, -0.1) is 0 Å². The van der Waals surface area contributed by atoms with E-state index in [2.05, 4.69) is 4.98 Å². The standard InChI is InChI=1S/C20H24F2N3O7P/c1-12(2)31-17(26)15-6-4-3-5-13(15)10-29-33(28)30-11-14-9-20(21,22)18(32-14)25-8-7-16(23)24-19(25)27/h3-8,12,14,18,28H,9-11H2,1-2H3,(H2,23,24,27). The zero-order valence-electron chi connectivity index (χ0n) is 17.9. The van der Waals surface area contributed by atoms with Crippen molar-refractivity contribution in [3.05, 3.63) is 58.1 Å². The largest absolute Gasteiger partial charge is 0.459 e. The molecule has 1 aliphatic rings. The summed E-state index contributed by atoms with van der Waals surface area (Å²) in [6, 6.07) is 7.75. The zero-order chi connectivity index (χ0) is 24.2. The molecular formula is C20H24F2N3O7P. The molecule has 13 heteroatoms. The zero-order valence-corrected chi connectivity index (χ0v) is 18.8. The first-order valence-electron chi connectivity index (χ1n) is 9.98. The Morgan fingerprint density at radius 2 is 2.09 bits per heavy atom. The summed E-state index contributed by atoms with van der Waals surface area (Å²) in [5, 5.41) is 0. The summed E-state index contributed by atoms with van der Waals surface area (Å²) in [5.41, 5.74) is 5.15. The number of hydrogen-bond acceptors (Lipinski definition) is 9. The molecule has 2 heterocycles. The van der Waals surface area contributed by atoms with Gasteiger partial charge in [-0.3, -0.25) is 4.57 Å². The minimum absolute atomic E-state index is 0.0976. The van der Waals surface area contributed by atoms with Gasteiger partial charge in [-0.2, -0.15) is 4.98 Å². The van der Waals surface area contributed by atoms with Crippen molar-refractivity contribution in [2.45, 2.75) is 51.2 Å². The molecule has 1 aliphatic heterocycles. The number of nitrogens with zero attached hydrogens (tertiary/aromatic N) is 2. The first-order valence-corrected chi connectivity index (χ1v) is 11.1. The number of halogens is 2. The molecule has 3 N–H and O–H groups in total. The van der Waals surface area contributed by atoms with Crippen molar-refractivity contribution < 1.29 is 37.0 Å². The second kappa shape index (κ2) is 10.6. The molecule has 0 spiro atoms. The van der Waals surface area contributed by atoms with E-state index in [1.54, 1.807) is 38.1 Å². The van der Waals surface area contributed by atoms with Gasteiger partial charge in [0.1, 0.15) is 5.82 Å². The molecule has 0 bridgehead atoms. The van der Waals surface area contributed by atoms with Crippen molar-refractivity contribution in [1.29, 1.82) is 0 Å². The molecule has 3 unspecified atom stereocenters. The average Bonchev–Trinajstić information content (AvgIpc) is 3.04. The summed E-state index contributed by atoms with van der Waals surface area (Å²) in [6.07, 6.45) is -2.95. The quantitative estimate of drug-likeness (QED) is 0.404. The van der Waals surface area contributed by atoms with E-state index < -0.39 is 51.5 Å². The predicted molar refractivity (Wildman–Crippen MR) is 113 cm³/mol. The Kier molecular flexibility index (Phi) is 8.09. The maximum absolute atomic E-state index is 14.4. The molecule has 0 saturated carbocycles. The van der Waals surface area contributed by atoms with E-state index in [-0.39, 0.29) is 24.1 Å². The highest BCUT2D eigenvalue weighted by molar-refractivity contribution is 7.40. The van der Waals surface area contributed by atoms with E-state index in [0.29, 0.717) is 10.1 Å². The third-order valence-corrected chi connectivity index (χ3v) is 5.29. The Bertz CT molecular complexity index is 1040. The lowest BCUT2D eigenvalue weighted by Gasteiger charge is -2.19.